The van der Waals surface area contributed by atoms with Crippen molar-refractivity contribution in [3.63, 3.8) is 0 Å². The van der Waals surface area contributed by atoms with E-state index in [0.29, 0.717) is 4.90 Å². The number of carbonyl (C=O) groups excluding carboxylic acids is 1. The highest BCUT2D eigenvalue weighted by Crippen LogP contribution is 2.36. The van der Waals surface area contributed by atoms with E-state index in [4.69, 9.17) is 4.52 Å². The van der Waals surface area contributed by atoms with Crippen molar-refractivity contribution in [3.05, 3.63) is 46.8 Å². The minimum atomic E-state index is -4.61. The van der Waals surface area contributed by atoms with Gasteiger partial charge < -0.3 is 4.52 Å². The Bertz CT molecular complexity index is 692. The van der Waals surface area contributed by atoms with Crippen molar-refractivity contribution in [1.82, 2.24) is 5.16 Å². The Labute approximate surface area is 129 Å². The number of benzene rings is 1. The molecule has 2 aromatic rings. The highest BCUT2D eigenvalue weighted by atomic mass is 32.2. The Morgan fingerprint density at radius 2 is 1.95 bits per heavy atom. The van der Waals surface area contributed by atoms with Crippen LogP contribution in [0, 0.1) is 0 Å². The number of alkyl halides is 3. The minimum Gasteiger partial charge on any atom is -0.360 e. The summed E-state index contributed by atoms with van der Waals surface area (Å²) in [6.45, 7) is 3.55. The topological polar surface area (TPSA) is 43.1 Å². The Balaban J connectivity index is 2.56. The van der Waals surface area contributed by atoms with Crippen molar-refractivity contribution in [2.45, 2.75) is 30.8 Å². The van der Waals surface area contributed by atoms with Gasteiger partial charge >= 0.3 is 6.18 Å². The standard InChI is InChI=1S/C15H14F3NO2S/c1-8(2)14-11(7-19-21-14)13(20)10-5-4-9(22-3)6-12(10)15(16,17)18/h4-8H,1-3H3. The molecule has 118 valence electrons. The minimum absolute atomic E-state index is 0.0670. The van der Waals surface area contributed by atoms with Crippen molar-refractivity contribution in [2.75, 3.05) is 6.26 Å². The molecule has 7 heteroatoms. The van der Waals surface area contributed by atoms with Gasteiger partial charge in [-0.15, -0.1) is 11.8 Å². The van der Waals surface area contributed by atoms with Gasteiger partial charge in [0.25, 0.3) is 0 Å². The van der Waals surface area contributed by atoms with E-state index in [0.717, 1.165) is 6.07 Å². The first-order chi connectivity index (χ1) is 10.3. The van der Waals surface area contributed by atoms with E-state index in [-0.39, 0.29) is 17.2 Å². The third-order valence-electron chi connectivity index (χ3n) is 3.14. The summed E-state index contributed by atoms with van der Waals surface area (Å²) in [5.74, 6) is -0.599. The zero-order valence-corrected chi connectivity index (χ0v) is 13.0. The number of aromatic nitrogens is 1. The molecule has 1 aromatic heterocycles. The van der Waals surface area contributed by atoms with E-state index in [1.165, 1.54) is 30.1 Å². The molecular formula is C15H14F3NO2S. The fraction of sp³-hybridized carbons (Fsp3) is 0.333. The Hall–Kier alpha value is -1.76. The van der Waals surface area contributed by atoms with Crippen LogP contribution in [0.25, 0.3) is 0 Å². The van der Waals surface area contributed by atoms with E-state index >= 15 is 0 Å². The molecule has 1 aromatic carbocycles. The van der Waals surface area contributed by atoms with Gasteiger partial charge in [-0.2, -0.15) is 13.2 Å². The molecule has 3 nitrogen and oxygen atoms in total. The smallest absolute Gasteiger partial charge is 0.360 e. The average molecular weight is 329 g/mol. The average Bonchev–Trinajstić information content (AvgIpc) is 2.94. The molecule has 22 heavy (non-hydrogen) atoms. The second-order valence-corrected chi connectivity index (χ2v) is 5.88. The number of carbonyl (C=O) groups is 1. The van der Waals surface area contributed by atoms with Gasteiger partial charge in [-0.1, -0.05) is 19.0 Å². The summed E-state index contributed by atoms with van der Waals surface area (Å²) in [4.78, 5) is 12.9. The third kappa shape index (κ3) is 3.19. The number of hydrogen-bond donors (Lipinski definition) is 0. The molecule has 0 saturated heterocycles. The quantitative estimate of drug-likeness (QED) is 0.598. The summed E-state index contributed by atoms with van der Waals surface area (Å²) in [6, 6.07) is 3.68. The first-order valence-electron chi connectivity index (χ1n) is 6.50. The molecule has 0 N–H and O–H groups in total. The van der Waals surface area contributed by atoms with E-state index in [1.807, 2.05) is 0 Å². The summed E-state index contributed by atoms with van der Waals surface area (Å²) >= 11 is 1.18. The molecule has 0 radical (unpaired) electrons. The van der Waals surface area contributed by atoms with Crippen LogP contribution in [-0.4, -0.2) is 17.2 Å². The monoisotopic (exact) mass is 329 g/mol. The van der Waals surface area contributed by atoms with E-state index in [2.05, 4.69) is 5.16 Å². The summed E-state index contributed by atoms with van der Waals surface area (Å²) < 4.78 is 44.7. The summed E-state index contributed by atoms with van der Waals surface area (Å²) in [6.07, 6.45) is -1.76. The van der Waals surface area contributed by atoms with Gasteiger partial charge in [0.2, 0.25) is 0 Å². The molecule has 0 spiro atoms. The molecule has 0 atom stereocenters. The van der Waals surface area contributed by atoms with Gasteiger partial charge in [0.15, 0.2) is 5.78 Å². The Morgan fingerprint density at radius 3 is 2.50 bits per heavy atom. The zero-order chi connectivity index (χ0) is 16.5. The summed E-state index contributed by atoms with van der Waals surface area (Å²) in [5.41, 5.74) is -1.27. The molecule has 0 saturated carbocycles. The van der Waals surface area contributed by atoms with Crippen LogP contribution in [0.15, 0.2) is 33.8 Å². The van der Waals surface area contributed by atoms with Gasteiger partial charge in [-0.3, -0.25) is 4.79 Å². The number of thioether (sulfide) groups is 1. The molecule has 0 bridgehead atoms. The number of ketones is 1. The molecule has 2 rings (SSSR count). The van der Waals surface area contributed by atoms with Crippen LogP contribution < -0.4 is 0 Å². The first kappa shape index (κ1) is 16.6. The van der Waals surface area contributed by atoms with Crippen LogP contribution in [-0.2, 0) is 6.18 Å². The number of rotatable bonds is 4. The molecule has 0 fully saturated rings. The van der Waals surface area contributed by atoms with Crippen LogP contribution >= 0.6 is 11.8 Å². The lowest BCUT2D eigenvalue weighted by atomic mass is 9.96. The Kier molecular flexibility index (Phi) is 4.65. The maximum Gasteiger partial charge on any atom is 0.417 e. The molecule has 0 aliphatic rings. The predicted octanol–water partition coefficient (Wildman–Crippen LogP) is 4.77. The van der Waals surface area contributed by atoms with Crippen LogP contribution in [0.4, 0.5) is 13.2 Å². The van der Waals surface area contributed by atoms with Crippen molar-refractivity contribution in [1.29, 1.82) is 0 Å². The first-order valence-corrected chi connectivity index (χ1v) is 7.72. The van der Waals surface area contributed by atoms with Crippen LogP contribution in [0.2, 0.25) is 0 Å². The lowest BCUT2D eigenvalue weighted by molar-refractivity contribution is -0.138. The third-order valence-corrected chi connectivity index (χ3v) is 3.87. The highest BCUT2D eigenvalue weighted by molar-refractivity contribution is 7.98. The number of nitrogens with zero attached hydrogens (tertiary/aromatic N) is 1. The highest BCUT2D eigenvalue weighted by Gasteiger charge is 2.36. The number of halogens is 3. The summed E-state index contributed by atoms with van der Waals surface area (Å²) in [7, 11) is 0. The maximum absolute atomic E-state index is 13.2. The SMILES string of the molecule is CSc1ccc(C(=O)c2cnoc2C(C)C)c(C(F)(F)F)c1. The predicted molar refractivity (Wildman–Crippen MR) is 77.2 cm³/mol. The molecule has 0 amide bonds. The normalized spacial score (nSPS) is 12.0. The summed E-state index contributed by atoms with van der Waals surface area (Å²) in [5, 5.41) is 3.53. The van der Waals surface area contributed by atoms with Gasteiger partial charge in [0, 0.05) is 16.4 Å². The van der Waals surface area contributed by atoms with Crippen LogP contribution in [0.3, 0.4) is 0 Å². The van der Waals surface area contributed by atoms with Gasteiger partial charge in [0.05, 0.1) is 17.3 Å². The molecule has 0 aliphatic carbocycles. The second kappa shape index (κ2) is 6.16. The van der Waals surface area contributed by atoms with E-state index in [1.54, 1.807) is 20.1 Å². The van der Waals surface area contributed by atoms with Crippen molar-refractivity contribution in [3.8, 4) is 0 Å². The van der Waals surface area contributed by atoms with Crippen molar-refractivity contribution < 1.29 is 22.5 Å². The zero-order valence-electron chi connectivity index (χ0n) is 12.2. The van der Waals surface area contributed by atoms with Crippen LogP contribution in [0.5, 0.6) is 0 Å². The van der Waals surface area contributed by atoms with E-state index < -0.39 is 23.1 Å². The van der Waals surface area contributed by atoms with Gasteiger partial charge in [0.1, 0.15) is 5.76 Å². The molecule has 1 heterocycles. The fourth-order valence-electron chi connectivity index (χ4n) is 2.06. The van der Waals surface area contributed by atoms with Crippen LogP contribution in [0.1, 0.15) is 47.0 Å². The molecule has 0 unspecified atom stereocenters. The number of hydrogen-bond acceptors (Lipinski definition) is 4. The van der Waals surface area contributed by atoms with Crippen molar-refractivity contribution >= 4 is 17.5 Å². The molecular weight excluding hydrogens is 315 g/mol. The lowest BCUT2D eigenvalue weighted by Crippen LogP contribution is -2.14. The largest absolute Gasteiger partial charge is 0.417 e. The van der Waals surface area contributed by atoms with Gasteiger partial charge in [-0.05, 0) is 24.5 Å². The van der Waals surface area contributed by atoms with Crippen molar-refractivity contribution in [2.24, 2.45) is 0 Å². The Morgan fingerprint density at radius 1 is 1.27 bits per heavy atom. The second-order valence-electron chi connectivity index (χ2n) is 5.00. The van der Waals surface area contributed by atoms with Gasteiger partial charge in [-0.25, -0.2) is 0 Å². The fourth-order valence-corrected chi connectivity index (χ4v) is 2.50. The van der Waals surface area contributed by atoms with E-state index in [9.17, 15) is 18.0 Å². The lowest BCUT2D eigenvalue weighted by Gasteiger charge is -2.13. The molecule has 0 aliphatic heterocycles. The maximum atomic E-state index is 13.2.